The summed E-state index contributed by atoms with van der Waals surface area (Å²) in [4.78, 5) is 27.3. The molecule has 160 valence electrons. The van der Waals surface area contributed by atoms with E-state index in [1.165, 1.54) is 0 Å². The molecular formula is C23H27BrN2O4. The molecular weight excluding hydrogens is 448 g/mol. The summed E-state index contributed by atoms with van der Waals surface area (Å²) in [5.74, 6) is 1.09. The van der Waals surface area contributed by atoms with E-state index in [1.807, 2.05) is 37.3 Å². The van der Waals surface area contributed by atoms with Crippen molar-refractivity contribution in [1.29, 1.82) is 0 Å². The second-order valence-corrected chi connectivity index (χ2v) is 8.13. The summed E-state index contributed by atoms with van der Waals surface area (Å²) >= 11 is 3.38. The van der Waals surface area contributed by atoms with Crippen LogP contribution in [0.15, 0.2) is 46.9 Å². The monoisotopic (exact) mass is 474 g/mol. The highest BCUT2D eigenvalue weighted by atomic mass is 79.9. The fraction of sp³-hybridized carbons (Fsp3) is 0.391. The Hall–Kier alpha value is -2.54. The Bertz CT molecular complexity index is 885. The molecule has 3 rings (SSSR count). The van der Waals surface area contributed by atoms with Gasteiger partial charge in [0.2, 0.25) is 5.91 Å². The van der Waals surface area contributed by atoms with Crippen LogP contribution in [-0.2, 0) is 11.3 Å². The van der Waals surface area contributed by atoms with Crippen LogP contribution >= 0.6 is 15.9 Å². The second kappa shape index (κ2) is 10.5. The number of carbonyl (C=O) groups is 2. The molecule has 30 heavy (non-hydrogen) atoms. The topological polar surface area (TPSA) is 67.9 Å². The van der Waals surface area contributed by atoms with Crippen molar-refractivity contribution in [1.82, 2.24) is 10.2 Å². The van der Waals surface area contributed by atoms with Gasteiger partial charge in [0.15, 0.2) is 11.5 Å². The molecule has 7 heteroatoms. The zero-order chi connectivity index (χ0) is 21.5. The summed E-state index contributed by atoms with van der Waals surface area (Å²) in [5.41, 5.74) is 1.50. The molecule has 2 amide bonds. The summed E-state index contributed by atoms with van der Waals surface area (Å²) in [6.07, 6.45) is 2.40. The third-order valence-electron chi connectivity index (χ3n) is 5.06. The maximum absolute atomic E-state index is 12.9. The Morgan fingerprint density at radius 2 is 1.93 bits per heavy atom. The van der Waals surface area contributed by atoms with Gasteiger partial charge < -0.3 is 19.7 Å². The maximum Gasteiger partial charge on any atom is 0.254 e. The zero-order valence-corrected chi connectivity index (χ0v) is 18.9. The molecule has 1 N–H and O–H groups in total. The fourth-order valence-corrected chi connectivity index (χ4v) is 3.77. The minimum Gasteiger partial charge on any atom is -0.493 e. The predicted molar refractivity (Wildman–Crippen MR) is 119 cm³/mol. The summed E-state index contributed by atoms with van der Waals surface area (Å²) < 4.78 is 12.0. The van der Waals surface area contributed by atoms with Gasteiger partial charge in [-0.1, -0.05) is 28.9 Å². The van der Waals surface area contributed by atoms with E-state index in [2.05, 4.69) is 21.2 Å². The van der Waals surface area contributed by atoms with Crippen LogP contribution in [0.25, 0.3) is 0 Å². The lowest BCUT2D eigenvalue weighted by molar-refractivity contribution is -0.125. The van der Waals surface area contributed by atoms with E-state index in [0.717, 1.165) is 22.9 Å². The molecule has 0 bridgehead atoms. The third-order valence-corrected chi connectivity index (χ3v) is 5.59. The SMILES string of the molecule is CCCOc1ccc(CNC(=O)C2CCCN2C(=O)c2ccc(Br)cc2)cc1OC. The number of nitrogens with zero attached hydrogens (tertiary/aromatic N) is 1. The first kappa shape index (κ1) is 22.2. The van der Waals surface area contributed by atoms with E-state index in [1.54, 1.807) is 24.1 Å². The number of rotatable bonds is 8. The van der Waals surface area contributed by atoms with Gasteiger partial charge in [-0.2, -0.15) is 0 Å². The van der Waals surface area contributed by atoms with E-state index in [0.29, 0.717) is 43.2 Å². The van der Waals surface area contributed by atoms with Crippen molar-refractivity contribution < 1.29 is 19.1 Å². The lowest BCUT2D eigenvalue weighted by Crippen LogP contribution is -2.45. The van der Waals surface area contributed by atoms with Gasteiger partial charge in [0.25, 0.3) is 5.91 Å². The standard InChI is InChI=1S/C23H27BrN2O4/c1-3-13-30-20-11-6-16(14-21(20)29-2)15-25-22(27)19-5-4-12-26(19)23(28)17-7-9-18(24)10-8-17/h6-11,14,19H,3-5,12-13,15H2,1-2H3,(H,25,27). The number of hydrogen-bond donors (Lipinski definition) is 1. The number of amides is 2. The number of benzene rings is 2. The molecule has 1 saturated heterocycles. The molecule has 0 radical (unpaired) electrons. The third kappa shape index (κ3) is 5.33. The first-order valence-corrected chi connectivity index (χ1v) is 11.0. The van der Waals surface area contributed by atoms with Crippen molar-refractivity contribution in [3.8, 4) is 11.5 Å². The van der Waals surface area contributed by atoms with Gasteiger partial charge in [-0.05, 0) is 61.2 Å². The van der Waals surface area contributed by atoms with Gasteiger partial charge in [-0.15, -0.1) is 0 Å². The lowest BCUT2D eigenvalue weighted by Gasteiger charge is -2.24. The molecule has 0 aromatic heterocycles. The molecule has 0 aliphatic carbocycles. The number of likely N-dealkylation sites (tertiary alicyclic amines) is 1. The average Bonchev–Trinajstić information content (AvgIpc) is 3.26. The van der Waals surface area contributed by atoms with Gasteiger partial charge in [0.1, 0.15) is 6.04 Å². The van der Waals surface area contributed by atoms with Crippen molar-refractivity contribution in [3.63, 3.8) is 0 Å². The van der Waals surface area contributed by atoms with E-state index < -0.39 is 6.04 Å². The second-order valence-electron chi connectivity index (χ2n) is 7.21. The lowest BCUT2D eigenvalue weighted by atomic mass is 10.1. The van der Waals surface area contributed by atoms with Gasteiger partial charge in [0, 0.05) is 23.1 Å². The summed E-state index contributed by atoms with van der Waals surface area (Å²) in [6.45, 7) is 3.62. The van der Waals surface area contributed by atoms with Crippen molar-refractivity contribution >= 4 is 27.7 Å². The van der Waals surface area contributed by atoms with E-state index in [4.69, 9.17) is 9.47 Å². The Morgan fingerprint density at radius 3 is 2.63 bits per heavy atom. The first-order chi connectivity index (χ1) is 14.5. The first-order valence-electron chi connectivity index (χ1n) is 10.2. The highest BCUT2D eigenvalue weighted by Crippen LogP contribution is 2.28. The van der Waals surface area contributed by atoms with Crippen molar-refractivity contribution in [2.24, 2.45) is 0 Å². The molecule has 0 spiro atoms. The number of halogens is 1. The van der Waals surface area contributed by atoms with E-state index in [-0.39, 0.29) is 11.8 Å². The average molecular weight is 475 g/mol. The highest BCUT2D eigenvalue weighted by molar-refractivity contribution is 9.10. The predicted octanol–water partition coefficient (Wildman–Crippen LogP) is 4.17. The highest BCUT2D eigenvalue weighted by Gasteiger charge is 2.34. The number of ether oxygens (including phenoxy) is 2. The molecule has 2 aromatic rings. The molecule has 1 atom stereocenters. The molecule has 2 aromatic carbocycles. The molecule has 6 nitrogen and oxygen atoms in total. The minimum absolute atomic E-state index is 0.112. The van der Waals surface area contributed by atoms with Gasteiger partial charge in [-0.25, -0.2) is 0 Å². The summed E-state index contributed by atoms with van der Waals surface area (Å²) in [6, 6.07) is 12.4. The van der Waals surface area contributed by atoms with Crippen LogP contribution in [-0.4, -0.2) is 43.0 Å². The molecule has 1 unspecified atom stereocenters. The molecule has 0 saturated carbocycles. The Labute approximate surface area is 185 Å². The van der Waals surface area contributed by atoms with Crippen molar-refractivity contribution in [2.75, 3.05) is 20.3 Å². The zero-order valence-electron chi connectivity index (χ0n) is 17.3. The van der Waals surface area contributed by atoms with Gasteiger partial charge in [0.05, 0.1) is 13.7 Å². The van der Waals surface area contributed by atoms with Crippen LogP contribution in [0, 0.1) is 0 Å². The number of methoxy groups -OCH3 is 1. The maximum atomic E-state index is 12.9. The number of hydrogen-bond acceptors (Lipinski definition) is 4. The Kier molecular flexibility index (Phi) is 7.74. The van der Waals surface area contributed by atoms with E-state index in [9.17, 15) is 9.59 Å². The summed E-state index contributed by atoms with van der Waals surface area (Å²) in [5, 5.41) is 2.96. The van der Waals surface area contributed by atoms with Crippen LogP contribution in [0.5, 0.6) is 11.5 Å². The Morgan fingerprint density at radius 1 is 1.17 bits per heavy atom. The molecule has 1 aliphatic heterocycles. The molecule has 1 heterocycles. The minimum atomic E-state index is -0.449. The van der Waals surface area contributed by atoms with Crippen molar-refractivity contribution in [3.05, 3.63) is 58.1 Å². The van der Waals surface area contributed by atoms with Crippen LogP contribution in [0.3, 0.4) is 0 Å². The van der Waals surface area contributed by atoms with Gasteiger partial charge >= 0.3 is 0 Å². The van der Waals surface area contributed by atoms with Crippen LogP contribution in [0.2, 0.25) is 0 Å². The largest absolute Gasteiger partial charge is 0.493 e. The molecule has 1 aliphatic rings. The number of nitrogens with one attached hydrogen (secondary N) is 1. The van der Waals surface area contributed by atoms with E-state index >= 15 is 0 Å². The summed E-state index contributed by atoms with van der Waals surface area (Å²) in [7, 11) is 1.60. The van der Waals surface area contributed by atoms with Crippen LogP contribution in [0.4, 0.5) is 0 Å². The van der Waals surface area contributed by atoms with Crippen LogP contribution in [0.1, 0.15) is 42.1 Å². The quantitative estimate of drug-likeness (QED) is 0.623. The van der Waals surface area contributed by atoms with Crippen LogP contribution < -0.4 is 14.8 Å². The Balaban J connectivity index is 1.62. The van der Waals surface area contributed by atoms with Gasteiger partial charge in [-0.3, -0.25) is 9.59 Å². The normalized spacial score (nSPS) is 15.7. The van der Waals surface area contributed by atoms with Crippen molar-refractivity contribution in [2.45, 2.75) is 38.8 Å². The fourth-order valence-electron chi connectivity index (χ4n) is 3.50. The number of carbonyl (C=O) groups excluding carboxylic acids is 2. The molecule has 1 fully saturated rings. The smallest absolute Gasteiger partial charge is 0.254 e.